The van der Waals surface area contributed by atoms with Gasteiger partial charge in [0.25, 0.3) is 0 Å². The number of esters is 1. The SMILES string of the molecule is [C-]#[N+]C(C(=O)Nc1cc(C(=O)OCCCCCCCCCCCC)ccc1Cl)C1OCCS1. The third-order valence-corrected chi connectivity index (χ3v) is 6.96. The monoisotopic (exact) mass is 494 g/mol. The van der Waals surface area contributed by atoms with Gasteiger partial charge in [0.15, 0.2) is 5.44 Å². The maximum absolute atomic E-state index is 12.6. The number of ether oxygens (including phenoxy) is 2. The predicted octanol–water partition coefficient (Wildman–Crippen LogP) is 6.73. The van der Waals surface area contributed by atoms with Crippen LogP contribution in [0.5, 0.6) is 0 Å². The zero-order valence-electron chi connectivity index (χ0n) is 19.4. The molecule has 1 saturated heterocycles. The van der Waals surface area contributed by atoms with Gasteiger partial charge in [0, 0.05) is 5.75 Å². The number of hydrogen-bond donors (Lipinski definition) is 1. The molecular weight excluding hydrogens is 460 g/mol. The number of benzene rings is 1. The number of unbranched alkanes of at least 4 members (excludes halogenated alkanes) is 9. The molecule has 0 aliphatic carbocycles. The first-order valence-corrected chi connectivity index (χ1v) is 13.4. The van der Waals surface area contributed by atoms with Gasteiger partial charge in [-0.05, 0) is 24.6 Å². The molecule has 0 bridgehead atoms. The van der Waals surface area contributed by atoms with Crippen LogP contribution >= 0.6 is 23.4 Å². The van der Waals surface area contributed by atoms with Crippen molar-refractivity contribution in [3.05, 3.63) is 40.2 Å². The second-order valence-corrected chi connectivity index (χ2v) is 9.80. The molecule has 1 aromatic carbocycles. The van der Waals surface area contributed by atoms with Gasteiger partial charge in [-0.1, -0.05) is 76.3 Å². The Morgan fingerprint density at radius 2 is 1.85 bits per heavy atom. The molecule has 2 rings (SSSR count). The number of nitrogens with one attached hydrogen (secondary N) is 1. The van der Waals surface area contributed by atoms with E-state index in [0.717, 1.165) is 25.0 Å². The number of thioether (sulfide) groups is 1. The number of carbonyl (C=O) groups excluding carboxylic acids is 2. The van der Waals surface area contributed by atoms with E-state index in [0.29, 0.717) is 23.8 Å². The third kappa shape index (κ3) is 9.95. The summed E-state index contributed by atoms with van der Waals surface area (Å²) in [5.41, 5.74) is 0.106. The lowest BCUT2D eigenvalue weighted by Gasteiger charge is -2.13. The molecule has 2 unspecified atom stereocenters. The Labute approximate surface area is 206 Å². The van der Waals surface area contributed by atoms with Crippen molar-refractivity contribution in [2.24, 2.45) is 0 Å². The average Bonchev–Trinajstić information content (AvgIpc) is 3.33. The topological polar surface area (TPSA) is 69.0 Å². The molecule has 1 fully saturated rings. The molecule has 1 aliphatic heterocycles. The van der Waals surface area contributed by atoms with E-state index in [1.54, 1.807) is 12.1 Å². The Kier molecular flexibility index (Phi) is 13.3. The minimum atomic E-state index is -0.972. The van der Waals surface area contributed by atoms with Gasteiger partial charge < -0.3 is 14.8 Å². The number of hydrogen-bond acceptors (Lipinski definition) is 5. The fraction of sp³-hybridized carbons (Fsp3) is 0.640. The largest absolute Gasteiger partial charge is 0.462 e. The maximum atomic E-state index is 12.6. The fourth-order valence-electron chi connectivity index (χ4n) is 3.59. The molecule has 1 N–H and O–H groups in total. The second-order valence-electron chi connectivity index (χ2n) is 8.19. The molecule has 1 aliphatic rings. The number of anilines is 1. The van der Waals surface area contributed by atoms with Crippen molar-refractivity contribution < 1.29 is 19.1 Å². The van der Waals surface area contributed by atoms with Crippen molar-refractivity contribution in [3.8, 4) is 0 Å². The number of nitrogens with zero attached hydrogens (tertiary/aromatic N) is 1. The van der Waals surface area contributed by atoms with Crippen LogP contribution in [0.1, 0.15) is 81.5 Å². The van der Waals surface area contributed by atoms with Crippen molar-refractivity contribution >= 4 is 40.9 Å². The molecule has 182 valence electrons. The van der Waals surface area contributed by atoms with Crippen molar-refractivity contribution in [1.82, 2.24) is 0 Å². The minimum Gasteiger partial charge on any atom is -0.462 e. The van der Waals surface area contributed by atoms with Crippen LogP contribution in [0.2, 0.25) is 5.02 Å². The summed E-state index contributed by atoms with van der Waals surface area (Å²) in [5, 5.41) is 2.95. The molecule has 0 radical (unpaired) electrons. The van der Waals surface area contributed by atoms with Crippen LogP contribution in [0.25, 0.3) is 4.85 Å². The Morgan fingerprint density at radius 3 is 2.45 bits per heavy atom. The van der Waals surface area contributed by atoms with Gasteiger partial charge in [-0.15, -0.1) is 11.8 Å². The molecule has 1 amide bonds. The van der Waals surface area contributed by atoms with Crippen molar-refractivity contribution in [2.75, 3.05) is 24.3 Å². The first kappa shape index (κ1) is 27.5. The quantitative estimate of drug-likeness (QED) is 0.166. The smallest absolute Gasteiger partial charge is 0.338 e. The average molecular weight is 495 g/mol. The van der Waals surface area contributed by atoms with Gasteiger partial charge in [-0.25, -0.2) is 11.4 Å². The zero-order chi connectivity index (χ0) is 23.9. The molecule has 1 heterocycles. The summed E-state index contributed by atoms with van der Waals surface area (Å²) in [4.78, 5) is 28.4. The standard InChI is InChI=1S/C25H35ClN2O4S/c1-3-4-5-6-7-8-9-10-11-12-15-31-24(30)19-13-14-20(26)21(18-19)28-23(29)22(27-2)25-32-16-17-33-25/h13-14,18,22,25H,3-12,15-17H2,1H3,(H,28,29). The van der Waals surface area contributed by atoms with Gasteiger partial charge >= 0.3 is 17.9 Å². The first-order valence-electron chi connectivity index (χ1n) is 11.9. The molecule has 33 heavy (non-hydrogen) atoms. The summed E-state index contributed by atoms with van der Waals surface area (Å²) in [5.74, 6) is -0.192. The lowest BCUT2D eigenvalue weighted by Crippen LogP contribution is -2.34. The number of halogens is 1. The van der Waals surface area contributed by atoms with E-state index >= 15 is 0 Å². The van der Waals surface area contributed by atoms with E-state index in [1.807, 2.05) is 0 Å². The molecule has 0 aromatic heterocycles. The predicted molar refractivity (Wildman–Crippen MR) is 135 cm³/mol. The molecule has 0 saturated carbocycles. The molecule has 2 atom stereocenters. The van der Waals surface area contributed by atoms with Crippen LogP contribution in [0.4, 0.5) is 5.69 Å². The van der Waals surface area contributed by atoms with Crippen LogP contribution < -0.4 is 5.32 Å². The van der Waals surface area contributed by atoms with E-state index in [2.05, 4.69) is 17.1 Å². The fourth-order valence-corrected chi connectivity index (χ4v) is 4.74. The van der Waals surface area contributed by atoms with E-state index in [-0.39, 0.29) is 5.69 Å². The summed E-state index contributed by atoms with van der Waals surface area (Å²) < 4.78 is 10.8. The molecule has 8 heteroatoms. The summed E-state index contributed by atoms with van der Waals surface area (Å²) in [6, 6.07) is 3.63. The molecular formula is C25H35ClN2O4S. The zero-order valence-corrected chi connectivity index (χ0v) is 21.0. The number of amides is 1. The number of carbonyl (C=O) groups is 2. The van der Waals surface area contributed by atoms with E-state index in [4.69, 9.17) is 27.6 Å². The molecule has 1 aromatic rings. The van der Waals surface area contributed by atoms with E-state index in [9.17, 15) is 9.59 Å². The third-order valence-electron chi connectivity index (χ3n) is 5.50. The van der Waals surface area contributed by atoms with Crippen molar-refractivity contribution in [3.63, 3.8) is 0 Å². The normalized spacial score (nSPS) is 16.2. The lowest BCUT2D eigenvalue weighted by molar-refractivity contribution is -0.118. The first-order chi connectivity index (χ1) is 16.1. The minimum absolute atomic E-state index is 0.284. The lowest BCUT2D eigenvalue weighted by atomic mass is 10.1. The summed E-state index contributed by atoms with van der Waals surface area (Å²) in [7, 11) is 0. The summed E-state index contributed by atoms with van der Waals surface area (Å²) in [6.07, 6.45) is 12.2. The Bertz CT molecular complexity index is 793. The van der Waals surface area contributed by atoms with Crippen LogP contribution in [-0.2, 0) is 14.3 Å². The van der Waals surface area contributed by atoms with Gasteiger partial charge in [-0.3, -0.25) is 9.64 Å². The number of rotatable bonds is 15. The van der Waals surface area contributed by atoms with Gasteiger partial charge in [0.1, 0.15) is 0 Å². The van der Waals surface area contributed by atoms with E-state index in [1.165, 1.54) is 62.8 Å². The Hall–Kier alpha value is -1.75. The van der Waals surface area contributed by atoms with Crippen LogP contribution in [-0.4, -0.2) is 42.3 Å². The highest BCUT2D eigenvalue weighted by atomic mass is 35.5. The maximum Gasteiger partial charge on any atom is 0.338 e. The Morgan fingerprint density at radius 1 is 1.18 bits per heavy atom. The Balaban J connectivity index is 1.71. The van der Waals surface area contributed by atoms with Gasteiger partial charge in [0.05, 0.1) is 29.5 Å². The molecule has 0 spiro atoms. The molecule has 6 nitrogen and oxygen atoms in total. The van der Waals surface area contributed by atoms with Crippen molar-refractivity contribution in [2.45, 2.75) is 82.6 Å². The van der Waals surface area contributed by atoms with Crippen LogP contribution in [0.15, 0.2) is 18.2 Å². The summed E-state index contributed by atoms with van der Waals surface area (Å²) >= 11 is 7.64. The van der Waals surface area contributed by atoms with Gasteiger partial charge in [-0.2, -0.15) is 0 Å². The highest BCUT2D eigenvalue weighted by Crippen LogP contribution is 2.28. The van der Waals surface area contributed by atoms with Crippen LogP contribution in [0.3, 0.4) is 0 Å². The summed E-state index contributed by atoms with van der Waals surface area (Å²) in [6.45, 7) is 10.5. The van der Waals surface area contributed by atoms with Gasteiger partial charge in [0.2, 0.25) is 0 Å². The highest BCUT2D eigenvalue weighted by molar-refractivity contribution is 8.00. The van der Waals surface area contributed by atoms with E-state index < -0.39 is 23.4 Å². The van der Waals surface area contributed by atoms with Crippen molar-refractivity contribution in [1.29, 1.82) is 0 Å². The highest BCUT2D eigenvalue weighted by Gasteiger charge is 2.38. The van der Waals surface area contributed by atoms with Crippen LogP contribution in [0, 0.1) is 6.57 Å². The second kappa shape index (κ2) is 16.0.